The molecule has 0 aliphatic rings. The third-order valence-electron chi connectivity index (χ3n) is 9.68. The SMILES string of the molecule is [2H]c1c([2H])c([2H])c2c(-c3ccc4c(c3)sc3ccc5ccccc5c34)c3c([2H])c([2H])c([2H])c([2H])c3c(-c3ccc4c(c3)oc3ccc5ccccc5c34)c2c1[2H]. The molecule has 2 heterocycles. The van der Waals surface area contributed by atoms with E-state index in [1.165, 1.54) is 0 Å². The maximum Gasteiger partial charge on any atom is 0.136 e. The lowest BCUT2D eigenvalue weighted by molar-refractivity contribution is 0.669. The molecule has 0 N–H and O–H groups in total. The molecule has 0 bridgehead atoms. The molecule has 0 aliphatic heterocycles. The normalized spacial score (nSPS) is 14.5. The van der Waals surface area contributed by atoms with Crippen molar-refractivity contribution in [3.05, 3.63) is 158 Å². The average molecular weight is 635 g/mol. The Morgan fingerprint density at radius 1 is 0.417 bits per heavy atom. The molecule has 0 aliphatic carbocycles. The molecular weight excluding hydrogens is 601 g/mol. The molecule has 0 amide bonds. The van der Waals surface area contributed by atoms with Gasteiger partial charge in [0.1, 0.15) is 11.2 Å². The van der Waals surface area contributed by atoms with Gasteiger partial charge in [-0.2, -0.15) is 0 Å². The van der Waals surface area contributed by atoms with Crippen LogP contribution in [0.1, 0.15) is 11.0 Å². The summed E-state index contributed by atoms with van der Waals surface area (Å²) in [6, 6.07) is 33.0. The average Bonchev–Trinajstić information content (AvgIpc) is 3.80. The predicted molar refractivity (Wildman–Crippen MR) is 208 cm³/mol. The molecular formula is C46H26OS. The lowest BCUT2D eigenvalue weighted by Crippen LogP contribution is -1.90. The highest BCUT2D eigenvalue weighted by Crippen LogP contribution is 2.47. The van der Waals surface area contributed by atoms with Crippen molar-refractivity contribution in [1.29, 1.82) is 0 Å². The van der Waals surface area contributed by atoms with Crippen LogP contribution in [0.15, 0.2) is 162 Å². The number of rotatable bonds is 2. The largest absolute Gasteiger partial charge is 0.456 e. The van der Waals surface area contributed by atoms with E-state index < -0.39 is 24.2 Å². The molecule has 2 heteroatoms. The third-order valence-corrected chi connectivity index (χ3v) is 10.8. The highest BCUT2D eigenvalue weighted by molar-refractivity contribution is 7.26. The Labute approximate surface area is 291 Å². The Balaban J connectivity index is 1.30. The minimum Gasteiger partial charge on any atom is -0.456 e. The summed E-state index contributed by atoms with van der Waals surface area (Å²) in [7, 11) is 0. The van der Waals surface area contributed by atoms with Gasteiger partial charge in [-0.05, 0) is 95.7 Å². The van der Waals surface area contributed by atoms with Crippen molar-refractivity contribution < 1.29 is 15.4 Å². The highest BCUT2D eigenvalue weighted by Gasteiger charge is 2.19. The van der Waals surface area contributed by atoms with Crippen LogP contribution < -0.4 is 0 Å². The van der Waals surface area contributed by atoms with Crippen LogP contribution in [0.4, 0.5) is 0 Å². The number of hydrogen-bond acceptors (Lipinski definition) is 2. The maximum atomic E-state index is 9.39. The summed E-state index contributed by atoms with van der Waals surface area (Å²) in [5, 5.41) is 9.03. The van der Waals surface area contributed by atoms with Crippen LogP contribution >= 0.6 is 11.3 Å². The topological polar surface area (TPSA) is 13.1 Å². The summed E-state index contributed by atoms with van der Waals surface area (Å²) < 4.78 is 81.4. The summed E-state index contributed by atoms with van der Waals surface area (Å²) >= 11 is 1.61. The van der Waals surface area contributed by atoms with Crippen LogP contribution in [0, 0.1) is 0 Å². The first-order valence-electron chi connectivity index (χ1n) is 19.8. The summed E-state index contributed by atoms with van der Waals surface area (Å²) in [4.78, 5) is 0. The number of furan rings is 1. The Bertz CT molecular complexity index is 3270. The molecule has 0 atom stereocenters. The molecule has 0 radical (unpaired) electrons. The molecule has 9 aromatic carbocycles. The zero-order valence-corrected chi connectivity index (χ0v) is 26.0. The van der Waals surface area contributed by atoms with Gasteiger partial charge in [-0.25, -0.2) is 0 Å². The molecule has 2 aromatic heterocycles. The van der Waals surface area contributed by atoms with Gasteiger partial charge in [0.2, 0.25) is 0 Å². The van der Waals surface area contributed by atoms with Gasteiger partial charge in [0.05, 0.1) is 11.0 Å². The van der Waals surface area contributed by atoms with E-state index in [0.717, 1.165) is 52.5 Å². The van der Waals surface area contributed by atoms with Gasteiger partial charge in [-0.1, -0.05) is 127 Å². The van der Waals surface area contributed by atoms with Crippen LogP contribution in [0.3, 0.4) is 0 Å². The molecule has 11 aromatic rings. The zero-order chi connectivity index (χ0) is 38.3. The van der Waals surface area contributed by atoms with Gasteiger partial charge in [0.15, 0.2) is 0 Å². The quantitative estimate of drug-likeness (QED) is 0.172. The van der Waals surface area contributed by atoms with Crippen molar-refractivity contribution in [3.63, 3.8) is 0 Å². The van der Waals surface area contributed by atoms with E-state index in [2.05, 4.69) is 24.3 Å². The molecule has 0 saturated carbocycles. The molecule has 0 saturated heterocycles. The van der Waals surface area contributed by atoms with Crippen LogP contribution in [-0.4, -0.2) is 0 Å². The minimum atomic E-state index is -0.432. The first-order chi connectivity index (χ1) is 27.1. The van der Waals surface area contributed by atoms with Gasteiger partial charge in [-0.3, -0.25) is 0 Å². The molecule has 222 valence electrons. The minimum absolute atomic E-state index is 0.173. The van der Waals surface area contributed by atoms with Gasteiger partial charge < -0.3 is 4.42 Å². The van der Waals surface area contributed by atoms with E-state index in [1.807, 2.05) is 84.9 Å². The fourth-order valence-corrected chi connectivity index (χ4v) is 8.77. The molecule has 0 unspecified atom stereocenters. The van der Waals surface area contributed by atoms with Crippen molar-refractivity contribution in [1.82, 2.24) is 0 Å². The lowest BCUT2D eigenvalue weighted by atomic mass is 9.85. The van der Waals surface area contributed by atoms with Crippen LogP contribution in [-0.2, 0) is 0 Å². The Hall–Kier alpha value is -5.96. The molecule has 1 nitrogen and oxygen atoms in total. The van der Waals surface area contributed by atoms with E-state index in [9.17, 15) is 5.48 Å². The van der Waals surface area contributed by atoms with Crippen molar-refractivity contribution in [3.8, 4) is 22.3 Å². The number of thiophene rings is 1. The standard InChI is InChI=1S/C46H26OS/c1-3-11-31-27(9-1)19-23-39-45(31)37-21-17-29(25-40(37)47-39)43-33-13-5-7-15-35(33)44(36-16-8-6-14-34(36)43)30-18-22-38-42(26-30)48-41-24-20-28-10-2-4-12-32(28)46(38)41/h1-26H/i5D,6D,7D,8D,13D,14D,15D,16D. The summed E-state index contributed by atoms with van der Waals surface area (Å²) in [6.07, 6.45) is 0. The van der Waals surface area contributed by atoms with E-state index in [1.54, 1.807) is 11.3 Å². The van der Waals surface area contributed by atoms with Gasteiger partial charge in [0, 0.05) is 30.9 Å². The maximum absolute atomic E-state index is 9.39. The van der Waals surface area contributed by atoms with Crippen molar-refractivity contribution in [2.75, 3.05) is 0 Å². The van der Waals surface area contributed by atoms with E-state index in [0.29, 0.717) is 33.4 Å². The second-order valence-corrected chi connectivity index (χ2v) is 13.3. The van der Waals surface area contributed by atoms with E-state index in [4.69, 9.17) is 9.90 Å². The van der Waals surface area contributed by atoms with E-state index in [-0.39, 0.29) is 45.7 Å². The Kier molecular flexibility index (Phi) is 4.00. The van der Waals surface area contributed by atoms with Gasteiger partial charge in [0.25, 0.3) is 0 Å². The van der Waals surface area contributed by atoms with Crippen molar-refractivity contribution >= 4 is 96.5 Å². The van der Waals surface area contributed by atoms with Crippen molar-refractivity contribution in [2.24, 2.45) is 0 Å². The number of benzene rings is 9. The van der Waals surface area contributed by atoms with Crippen LogP contribution in [0.25, 0.3) is 107 Å². The van der Waals surface area contributed by atoms with Crippen molar-refractivity contribution in [2.45, 2.75) is 0 Å². The van der Waals surface area contributed by atoms with Gasteiger partial charge in [-0.15, -0.1) is 11.3 Å². The predicted octanol–water partition coefficient (Wildman–Crippen LogP) is 13.9. The summed E-state index contributed by atoms with van der Waals surface area (Å²) in [5.41, 5.74) is 2.95. The molecule has 11 rings (SSSR count). The third kappa shape index (κ3) is 3.61. The monoisotopic (exact) mass is 634 g/mol. The second kappa shape index (κ2) is 9.78. The Morgan fingerprint density at radius 2 is 0.979 bits per heavy atom. The first kappa shape index (κ1) is 19.6. The van der Waals surface area contributed by atoms with E-state index >= 15 is 0 Å². The molecule has 48 heavy (non-hydrogen) atoms. The van der Waals surface area contributed by atoms with Crippen LogP contribution in [0.5, 0.6) is 0 Å². The summed E-state index contributed by atoms with van der Waals surface area (Å²) in [6.45, 7) is 0. The number of fused-ring (bicyclic) bond motifs is 12. The molecule has 0 spiro atoms. The lowest BCUT2D eigenvalue weighted by Gasteiger charge is -2.17. The fourth-order valence-electron chi connectivity index (χ4n) is 7.61. The Morgan fingerprint density at radius 3 is 1.65 bits per heavy atom. The fraction of sp³-hybridized carbons (Fsp3) is 0. The number of hydrogen-bond donors (Lipinski definition) is 0. The van der Waals surface area contributed by atoms with Crippen LogP contribution in [0.2, 0.25) is 0 Å². The smallest absolute Gasteiger partial charge is 0.136 e. The highest BCUT2D eigenvalue weighted by atomic mass is 32.1. The summed E-state index contributed by atoms with van der Waals surface area (Å²) in [5.74, 6) is 0. The van der Waals surface area contributed by atoms with Gasteiger partial charge >= 0.3 is 0 Å². The second-order valence-electron chi connectivity index (χ2n) is 12.2. The molecule has 0 fully saturated rings. The zero-order valence-electron chi connectivity index (χ0n) is 33.2. The first-order valence-corrected chi connectivity index (χ1v) is 16.6.